The van der Waals surface area contributed by atoms with Crippen LogP contribution < -0.4 is 5.32 Å². The highest BCUT2D eigenvalue weighted by molar-refractivity contribution is 5.14. The van der Waals surface area contributed by atoms with E-state index < -0.39 is 0 Å². The Hall–Kier alpha value is -1.68. The van der Waals surface area contributed by atoms with Gasteiger partial charge in [-0.25, -0.2) is 0 Å². The molecule has 0 bridgehead atoms. The Morgan fingerprint density at radius 3 is 2.58 bits per heavy atom. The van der Waals surface area contributed by atoms with E-state index in [2.05, 4.69) is 52.8 Å². The number of benzene rings is 1. The molecule has 0 spiro atoms. The molecular weight excluding hydrogens is 236 g/mol. The van der Waals surface area contributed by atoms with Crippen molar-refractivity contribution in [1.82, 2.24) is 20.1 Å². The molecule has 1 N–H and O–H groups in total. The second kappa shape index (κ2) is 6.48. The molecule has 0 saturated carbocycles. The van der Waals surface area contributed by atoms with Gasteiger partial charge in [0.1, 0.15) is 11.6 Å². The molecule has 0 saturated heterocycles. The van der Waals surface area contributed by atoms with Gasteiger partial charge in [0.2, 0.25) is 0 Å². The molecule has 1 atom stereocenters. The van der Waals surface area contributed by atoms with Crippen LogP contribution in [0.15, 0.2) is 30.3 Å². The molecule has 1 aromatic heterocycles. The van der Waals surface area contributed by atoms with Crippen LogP contribution in [0.1, 0.15) is 30.6 Å². The first-order valence-electron chi connectivity index (χ1n) is 6.79. The van der Waals surface area contributed by atoms with Crippen LogP contribution in [0.4, 0.5) is 0 Å². The lowest BCUT2D eigenvalue weighted by molar-refractivity contribution is 0.498. The topological polar surface area (TPSA) is 42.7 Å². The van der Waals surface area contributed by atoms with Crippen molar-refractivity contribution in [3.63, 3.8) is 0 Å². The Labute approximate surface area is 114 Å². The van der Waals surface area contributed by atoms with Gasteiger partial charge in [0, 0.05) is 13.1 Å². The number of nitrogens with one attached hydrogen (secondary N) is 1. The van der Waals surface area contributed by atoms with Crippen molar-refractivity contribution in [2.75, 3.05) is 0 Å². The summed E-state index contributed by atoms with van der Waals surface area (Å²) in [7, 11) is 2.00. The number of hydrogen-bond donors (Lipinski definition) is 1. The number of rotatable bonds is 6. The smallest absolute Gasteiger partial charge is 0.146 e. The minimum atomic E-state index is 0.470. The van der Waals surface area contributed by atoms with Crippen LogP contribution in [0.3, 0.4) is 0 Å². The summed E-state index contributed by atoms with van der Waals surface area (Å²) in [5.74, 6) is 1.94. The summed E-state index contributed by atoms with van der Waals surface area (Å²) in [6.45, 7) is 4.95. The Bertz CT molecular complexity index is 504. The highest BCUT2D eigenvalue weighted by Gasteiger charge is 2.07. The Morgan fingerprint density at radius 2 is 1.95 bits per heavy atom. The Balaban J connectivity index is 1.76. The Morgan fingerprint density at radius 1 is 1.21 bits per heavy atom. The largest absolute Gasteiger partial charge is 0.317 e. The average Bonchev–Trinajstić information content (AvgIpc) is 2.75. The number of aryl methyl sites for hydroxylation is 2. The van der Waals surface area contributed by atoms with Crippen molar-refractivity contribution < 1.29 is 0 Å². The summed E-state index contributed by atoms with van der Waals surface area (Å²) in [5.41, 5.74) is 1.39. The van der Waals surface area contributed by atoms with Gasteiger partial charge in [-0.2, -0.15) is 0 Å². The predicted octanol–water partition coefficient (Wildman–Crippen LogP) is 2.23. The van der Waals surface area contributed by atoms with Crippen LogP contribution in [0.25, 0.3) is 0 Å². The number of aromatic nitrogens is 3. The van der Waals surface area contributed by atoms with Crippen LogP contribution in [0.5, 0.6) is 0 Å². The minimum Gasteiger partial charge on any atom is -0.317 e. The first-order chi connectivity index (χ1) is 9.16. The number of hydrogen-bond acceptors (Lipinski definition) is 3. The molecule has 19 heavy (non-hydrogen) atoms. The summed E-state index contributed by atoms with van der Waals surface area (Å²) >= 11 is 0. The summed E-state index contributed by atoms with van der Waals surface area (Å²) < 4.78 is 2.02. The molecule has 0 aliphatic heterocycles. The lowest BCUT2D eigenvalue weighted by atomic mass is 10.1. The molecule has 0 aliphatic carbocycles. The highest BCUT2D eigenvalue weighted by atomic mass is 15.3. The van der Waals surface area contributed by atoms with Gasteiger partial charge in [0.15, 0.2) is 0 Å². The quantitative estimate of drug-likeness (QED) is 0.864. The summed E-state index contributed by atoms with van der Waals surface area (Å²) in [4.78, 5) is 0. The average molecular weight is 258 g/mol. The molecule has 102 valence electrons. The van der Waals surface area contributed by atoms with Gasteiger partial charge in [-0.05, 0) is 32.3 Å². The molecule has 2 aromatic rings. The van der Waals surface area contributed by atoms with E-state index in [1.807, 2.05) is 18.5 Å². The van der Waals surface area contributed by atoms with Gasteiger partial charge in [-0.15, -0.1) is 10.2 Å². The van der Waals surface area contributed by atoms with E-state index in [4.69, 9.17) is 0 Å². The minimum absolute atomic E-state index is 0.470. The maximum absolute atomic E-state index is 4.16. The van der Waals surface area contributed by atoms with Crippen LogP contribution in [-0.4, -0.2) is 20.8 Å². The SMILES string of the molecule is Cc1nnc(CNC(C)CCc2ccccc2)n1C. The monoisotopic (exact) mass is 258 g/mol. The van der Waals surface area contributed by atoms with Crippen molar-refractivity contribution in [2.45, 2.75) is 39.3 Å². The molecule has 0 fully saturated rings. The summed E-state index contributed by atoms with van der Waals surface area (Å²) in [6, 6.07) is 11.1. The van der Waals surface area contributed by atoms with E-state index >= 15 is 0 Å². The van der Waals surface area contributed by atoms with Crippen LogP contribution in [0, 0.1) is 6.92 Å². The number of nitrogens with zero attached hydrogens (tertiary/aromatic N) is 3. The third-order valence-corrected chi connectivity index (χ3v) is 3.50. The first kappa shape index (κ1) is 13.7. The maximum atomic E-state index is 4.16. The van der Waals surface area contributed by atoms with E-state index in [-0.39, 0.29) is 0 Å². The maximum Gasteiger partial charge on any atom is 0.146 e. The molecule has 4 nitrogen and oxygen atoms in total. The summed E-state index contributed by atoms with van der Waals surface area (Å²) in [6.07, 6.45) is 2.23. The fraction of sp³-hybridized carbons (Fsp3) is 0.467. The van der Waals surface area contributed by atoms with Crippen molar-refractivity contribution in [1.29, 1.82) is 0 Å². The lowest BCUT2D eigenvalue weighted by Crippen LogP contribution is -2.27. The van der Waals surface area contributed by atoms with E-state index in [1.54, 1.807) is 0 Å². The van der Waals surface area contributed by atoms with Crippen molar-refractivity contribution in [3.05, 3.63) is 47.5 Å². The zero-order valence-corrected chi connectivity index (χ0v) is 11.9. The molecule has 1 unspecified atom stereocenters. The molecule has 0 amide bonds. The third-order valence-electron chi connectivity index (χ3n) is 3.50. The molecule has 0 radical (unpaired) electrons. The van der Waals surface area contributed by atoms with Gasteiger partial charge in [0.05, 0.1) is 6.54 Å². The molecular formula is C15H22N4. The normalized spacial score (nSPS) is 12.6. The van der Waals surface area contributed by atoms with Gasteiger partial charge in [0.25, 0.3) is 0 Å². The fourth-order valence-corrected chi connectivity index (χ4v) is 2.00. The van der Waals surface area contributed by atoms with Gasteiger partial charge in [-0.1, -0.05) is 30.3 Å². The van der Waals surface area contributed by atoms with E-state index in [9.17, 15) is 0 Å². The van der Waals surface area contributed by atoms with Crippen molar-refractivity contribution in [2.24, 2.45) is 7.05 Å². The lowest BCUT2D eigenvalue weighted by Gasteiger charge is -2.13. The molecule has 1 heterocycles. The van der Waals surface area contributed by atoms with Crippen molar-refractivity contribution >= 4 is 0 Å². The third kappa shape index (κ3) is 3.89. The van der Waals surface area contributed by atoms with Gasteiger partial charge < -0.3 is 9.88 Å². The molecule has 4 heteroatoms. The zero-order chi connectivity index (χ0) is 13.7. The van der Waals surface area contributed by atoms with E-state index in [1.165, 1.54) is 5.56 Å². The van der Waals surface area contributed by atoms with Gasteiger partial charge >= 0.3 is 0 Å². The standard InChI is InChI=1S/C15H22N4/c1-12(9-10-14-7-5-4-6-8-14)16-11-15-18-17-13(2)19(15)3/h4-8,12,16H,9-11H2,1-3H3. The van der Waals surface area contributed by atoms with Crippen LogP contribution >= 0.6 is 0 Å². The molecule has 2 rings (SSSR count). The highest BCUT2D eigenvalue weighted by Crippen LogP contribution is 2.05. The van der Waals surface area contributed by atoms with E-state index in [0.29, 0.717) is 6.04 Å². The second-order valence-electron chi connectivity index (χ2n) is 5.03. The zero-order valence-electron chi connectivity index (χ0n) is 11.9. The Kier molecular flexibility index (Phi) is 4.68. The predicted molar refractivity (Wildman–Crippen MR) is 76.8 cm³/mol. The second-order valence-corrected chi connectivity index (χ2v) is 5.03. The molecule has 1 aromatic carbocycles. The van der Waals surface area contributed by atoms with Crippen LogP contribution in [0.2, 0.25) is 0 Å². The summed E-state index contributed by atoms with van der Waals surface area (Å²) in [5, 5.41) is 11.7. The first-order valence-corrected chi connectivity index (χ1v) is 6.79. The van der Waals surface area contributed by atoms with E-state index in [0.717, 1.165) is 31.0 Å². The van der Waals surface area contributed by atoms with Gasteiger partial charge in [-0.3, -0.25) is 0 Å². The van der Waals surface area contributed by atoms with Crippen molar-refractivity contribution in [3.8, 4) is 0 Å². The molecule has 0 aliphatic rings. The van der Waals surface area contributed by atoms with Crippen LogP contribution in [-0.2, 0) is 20.0 Å². The fourth-order valence-electron chi connectivity index (χ4n) is 2.00.